The number of aromatic amines is 2. The Morgan fingerprint density at radius 3 is 2.32 bits per heavy atom. The Morgan fingerprint density at radius 1 is 0.912 bits per heavy atom. The molecule has 3 aromatic carbocycles. The highest BCUT2D eigenvalue weighted by atomic mass is 16.2. The van der Waals surface area contributed by atoms with E-state index in [4.69, 9.17) is 0 Å². The van der Waals surface area contributed by atoms with Crippen molar-refractivity contribution in [2.45, 2.75) is 5.92 Å². The SMILES string of the molecule is CN(C)c1ccc(C(CNC(=O)c2cc(=O)[nH]c3ccccc23)c2c[nH]c3ccccc23)cc1. The van der Waals surface area contributed by atoms with E-state index < -0.39 is 0 Å². The fraction of sp³-hybridized carbons (Fsp3) is 0.143. The second-order valence-electron chi connectivity index (χ2n) is 8.63. The van der Waals surface area contributed by atoms with Crippen LogP contribution in [0.3, 0.4) is 0 Å². The number of anilines is 1. The molecule has 34 heavy (non-hydrogen) atoms. The Kier molecular flexibility index (Phi) is 5.64. The first-order chi connectivity index (χ1) is 16.5. The molecule has 6 heteroatoms. The van der Waals surface area contributed by atoms with E-state index in [1.807, 2.05) is 56.7 Å². The number of para-hydroxylation sites is 2. The first-order valence-corrected chi connectivity index (χ1v) is 11.2. The van der Waals surface area contributed by atoms with Gasteiger partial charge in [0.05, 0.1) is 5.56 Å². The third-order valence-corrected chi connectivity index (χ3v) is 6.27. The number of amides is 1. The molecule has 2 aromatic heterocycles. The van der Waals surface area contributed by atoms with Crippen molar-refractivity contribution in [1.82, 2.24) is 15.3 Å². The largest absolute Gasteiger partial charge is 0.378 e. The molecule has 0 fully saturated rings. The third kappa shape index (κ3) is 4.06. The summed E-state index contributed by atoms with van der Waals surface area (Å²) >= 11 is 0. The quantitative estimate of drug-likeness (QED) is 0.353. The molecule has 0 spiro atoms. The van der Waals surface area contributed by atoms with Crippen LogP contribution < -0.4 is 15.8 Å². The smallest absolute Gasteiger partial charge is 0.252 e. The van der Waals surface area contributed by atoms with Gasteiger partial charge < -0.3 is 20.2 Å². The minimum Gasteiger partial charge on any atom is -0.378 e. The summed E-state index contributed by atoms with van der Waals surface area (Å²) in [6.45, 7) is 0.392. The number of H-pyrrole nitrogens is 2. The van der Waals surface area contributed by atoms with Gasteiger partial charge in [-0.15, -0.1) is 0 Å². The average molecular weight is 451 g/mol. The molecular weight excluding hydrogens is 424 g/mol. The topological polar surface area (TPSA) is 81.0 Å². The lowest BCUT2D eigenvalue weighted by Crippen LogP contribution is -2.30. The fourth-order valence-corrected chi connectivity index (χ4v) is 4.48. The van der Waals surface area contributed by atoms with Crippen LogP contribution in [0.25, 0.3) is 21.8 Å². The van der Waals surface area contributed by atoms with Gasteiger partial charge in [0.1, 0.15) is 0 Å². The standard InChI is InChI=1S/C28H26N4O2/c1-32(2)19-13-11-18(12-14-19)23(24-17-29-25-9-5-3-8-21(24)25)16-30-28(34)22-15-27(33)31-26-10-6-4-7-20(22)26/h3-15,17,23,29H,16H2,1-2H3,(H,30,34)(H,31,33). The summed E-state index contributed by atoms with van der Waals surface area (Å²) in [6.07, 6.45) is 2.02. The summed E-state index contributed by atoms with van der Waals surface area (Å²) in [5, 5.41) is 4.94. The minimum absolute atomic E-state index is 0.0652. The number of pyridine rings is 1. The maximum Gasteiger partial charge on any atom is 0.252 e. The highest BCUT2D eigenvalue weighted by Gasteiger charge is 2.20. The summed E-state index contributed by atoms with van der Waals surface area (Å²) in [5.74, 6) is -0.332. The molecule has 6 nitrogen and oxygen atoms in total. The van der Waals surface area contributed by atoms with Gasteiger partial charge in [0.2, 0.25) is 5.56 Å². The maximum atomic E-state index is 13.2. The summed E-state index contributed by atoms with van der Waals surface area (Å²) in [6, 6.07) is 25.3. The van der Waals surface area contributed by atoms with Crippen molar-refractivity contribution in [3.05, 3.63) is 112 Å². The molecule has 0 saturated carbocycles. The zero-order chi connectivity index (χ0) is 23.7. The lowest BCUT2D eigenvalue weighted by atomic mass is 9.90. The predicted molar refractivity (Wildman–Crippen MR) is 138 cm³/mol. The average Bonchev–Trinajstić information content (AvgIpc) is 3.28. The molecule has 0 radical (unpaired) electrons. The van der Waals surface area contributed by atoms with Crippen LogP contribution in [0.1, 0.15) is 27.4 Å². The van der Waals surface area contributed by atoms with E-state index in [2.05, 4.69) is 50.5 Å². The Hall–Kier alpha value is -4.32. The van der Waals surface area contributed by atoms with E-state index in [1.165, 1.54) is 6.07 Å². The Morgan fingerprint density at radius 2 is 1.59 bits per heavy atom. The van der Waals surface area contributed by atoms with Gasteiger partial charge >= 0.3 is 0 Å². The van der Waals surface area contributed by atoms with Gasteiger partial charge in [-0.25, -0.2) is 0 Å². The molecule has 5 rings (SSSR count). The first kappa shape index (κ1) is 21.5. The van der Waals surface area contributed by atoms with Crippen molar-refractivity contribution in [2.24, 2.45) is 0 Å². The zero-order valence-electron chi connectivity index (χ0n) is 19.1. The van der Waals surface area contributed by atoms with Crippen molar-refractivity contribution in [2.75, 3.05) is 25.5 Å². The molecule has 0 aliphatic carbocycles. The number of carbonyl (C=O) groups is 1. The molecule has 1 unspecified atom stereocenters. The van der Waals surface area contributed by atoms with Crippen LogP contribution in [0.4, 0.5) is 5.69 Å². The number of aromatic nitrogens is 2. The van der Waals surface area contributed by atoms with Crippen LogP contribution in [-0.4, -0.2) is 36.5 Å². The molecular formula is C28H26N4O2. The molecule has 1 amide bonds. The molecule has 0 aliphatic heterocycles. The van der Waals surface area contributed by atoms with Crippen molar-refractivity contribution in [1.29, 1.82) is 0 Å². The third-order valence-electron chi connectivity index (χ3n) is 6.27. The van der Waals surface area contributed by atoms with Crippen LogP contribution in [0, 0.1) is 0 Å². The van der Waals surface area contributed by atoms with Crippen LogP contribution in [0.5, 0.6) is 0 Å². The minimum atomic E-state index is -0.295. The molecule has 170 valence electrons. The van der Waals surface area contributed by atoms with Crippen LogP contribution in [0.2, 0.25) is 0 Å². The lowest BCUT2D eigenvalue weighted by molar-refractivity contribution is 0.0954. The first-order valence-electron chi connectivity index (χ1n) is 11.2. The predicted octanol–water partition coefficient (Wildman–Crippen LogP) is 4.64. The summed E-state index contributed by atoms with van der Waals surface area (Å²) < 4.78 is 0. The van der Waals surface area contributed by atoms with Gasteiger partial charge in [0, 0.05) is 66.3 Å². The summed E-state index contributed by atoms with van der Waals surface area (Å²) in [5.41, 5.74) is 5.11. The number of benzene rings is 3. The second kappa shape index (κ2) is 8.90. The highest BCUT2D eigenvalue weighted by molar-refractivity contribution is 6.06. The van der Waals surface area contributed by atoms with E-state index in [-0.39, 0.29) is 17.4 Å². The normalized spacial score (nSPS) is 12.1. The van der Waals surface area contributed by atoms with E-state index in [0.717, 1.165) is 33.1 Å². The summed E-state index contributed by atoms with van der Waals surface area (Å²) in [7, 11) is 4.02. The van der Waals surface area contributed by atoms with Gasteiger partial charge in [0.15, 0.2) is 0 Å². The van der Waals surface area contributed by atoms with Gasteiger partial charge in [-0.3, -0.25) is 9.59 Å². The maximum absolute atomic E-state index is 13.2. The molecule has 1 atom stereocenters. The molecule has 0 saturated heterocycles. The monoisotopic (exact) mass is 450 g/mol. The molecule has 0 aliphatic rings. The van der Waals surface area contributed by atoms with E-state index in [1.54, 1.807) is 6.07 Å². The van der Waals surface area contributed by atoms with Gasteiger partial charge in [0.25, 0.3) is 5.91 Å². The van der Waals surface area contributed by atoms with Crippen molar-refractivity contribution in [3.63, 3.8) is 0 Å². The van der Waals surface area contributed by atoms with Gasteiger partial charge in [-0.1, -0.05) is 48.5 Å². The summed E-state index contributed by atoms with van der Waals surface area (Å²) in [4.78, 5) is 33.6. The molecule has 3 N–H and O–H groups in total. The zero-order valence-corrected chi connectivity index (χ0v) is 19.1. The van der Waals surface area contributed by atoms with Crippen LogP contribution in [-0.2, 0) is 0 Å². The van der Waals surface area contributed by atoms with Gasteiger partial charge in [-0.05, 0) is 35.4 Å². The lowest BCUT2D eigenvalue weighted by Gasteiger charge is -2.20. The molecule has 5 aromatic rings. The fourth-order valence-electron chi connectivity index (χ4n) is 4.48. The molecule has 0 bridgehead atoms. The number of hydrogen-bond donors (Lipinski definition) is 3. The number of fused-ring (bicyclic) bond motifs is 2. The van der Waals surface area contributed by atoms with Crippen LogP contribution in [0.15, 0.2) is 89.9 Å². The number of rotatable bonds is 6. The second-order valence-corrected chi connectivity index (χ2v) is 8.63. The van der Waals surface area contributed by atoms with Crippen molar-refractivity contribution < 1.29 is 4.79 Å². The Balaban J connectivity index is 1.50. The van der Waals surface area contributed by atoms with Crippen molar-refractivity contribution in [3.8, 4) is 0 Å². The number of nitrogens with one attached hydrogen (secondary N) is 3. The van der Waals surface area contributed by atoms with Gasteiger partial charge in [-0.2, -0.15) is 0 Å². The van der Waals surface area contributed by atoms with E-state index >= 15 is 0 Å². The van der Waals surface area contributed by atoms with Crippen molar-refractivity contribution >= 4 is 33.4 Å². The van der Waals surface area contributed by atoms with E-state index in [0.29, 0.717) is 17.6 Å². The molecule has 2 heterocycles. The Bertz CT molecular complexity index is 1530. The van der Waals surface area contributed by atoms with Crippen LogP contribution >= 0.6 is 0 Å². The number of nitrogens with zero attached hydrogens (tertiary/aromatic N) is 1. The highest BCUT2D eigenvalue weighted by Crippen LogP contribution is 2.31. The Labute approximate surface area is 197 Å². The van der Waals surface area contributed by atoms with E-state index in [9.17, 15) is 9.59 Å². The number of hydrogen-bond acceptors (Lipinski definition) is 3. The number of carbonyl (C=O) groups excluding carboxylic acids is 1.